The normalized spacial score (nSPS) is 16.3. The van der Waals surface area contributed by atoms with Gasteiger partial charge in [-0.3, -0.25) is 4.98 Å². The maximum atomic E-state index is 11.6. The van der Waals surface area contributed by atoms with E-state index < -0.39 is 12.1 Å². The number of methoxy groups -OCH3 is 1. The van der Waals surface area contributed by atoms with Crippen LogP contribution < -0.4 is 0 Å². The van der Waals surface area contributed by atoms with Gasteiger partial charge in [0.25, 0.3) is 0 Å². The number of carbonyl (C=O) groups excluding carboxylic acids is 1. The van der Waals surface area contributed by atoms with Crippen molar-refractivity contribution in [1.29, 1.82) is 0 Å². The molecule has 1 atom stereocenters. The SMILES string of the molecule is COC(=O)c1cnc(Cc2ccc3c(c2)CCN(C(=O)O)CC3CC(C)C)cn1. The number of aromatic nitrogens is 2. The van der Waals surface area contributed by atoms with Crippen molar-refractivity contribution in [3.8, 4) is 0 Å². The topological polar surface area (TPSA) is 92.6 Å². The van der Waals surface area contributed by atoms with Gasteiger partial charge in [-0.1, -0.05) is 32.0 Å². The standard InChI is InChI=1S/C22H27N3O4/c1-14(2)8-17-13-25(22(27)28)7-6-16-9-15(4-5-19(16)17)10-18-11-24-20(12-23-18)21(26)29-3/h4-5,9,11-12,14,17H,6-8,10,13H2,1-3H3,(H,27,28). The molecule has 0 aliphatic carbocycles. The van der Waals surface area contributed by atoms with Crippen molar-refractivity contribution in [2.24, 2.45) is 5.92 Å². The number of ether oxygens (including phenoxy) is 1. The van der Waals surface area contributed by atoms with Crippen LogP contribution in [0.3, 0.4) is 0 Å². The predicted octanol–water partition coefficient (Wildman–Crippen LogP) is 3.52. The Balaban J connectivity index is 1.82. The molecule has 1 aliphatic rings. The zero-order valence-electron chi connectivity index (χ0n) is 17.1. The fourth-order valence-electron chi connectivity index (χ4n) is 3.90. The number of benzene rings is 1. The van der Waals surface area contributed by atoms with Crippen molar-refractivity contribution >= 4 is 12.1 Å². The molecule has 1 aliphatic heterocycles. The molecule has 1 aromatic heterocycles. The molecule has 1 unspecified atom stereocenters. The first-order chi connectivity index (χ1) is 13.9. The summed E-state index contributed by atoms with van der Waals surface area (Å²) in [6, 6.07) is 6.38. The molecule has 1 aromatic carbocycles. The van der Waals surface area contributed by atoms with E-state index in [0.717, 1.165) is 17.7 Å². The van der Waals surface area contributed by atoms with E-state index >= 15 is 0 Å². The van der Waals surface area contributed by atoms with Crippen molar-refractivity contribution in [2.45, 2.75) is 39.0 Å². The summed E-state index contributed by atoms with van der Waals surface area (Å²) in [5.41, 5.74) is 4.49. The van der Waals surface area contributed by atoms with Gasteiger partial charge in [0.15, 0.2) is 5.69 Å². The predicted molar refractivity (Wildman–Crippen MR) is 108 cm³/mol. The van der Waals surface area contributed by atoms with E-state index in [0.29, 0.717) is 31.8 Å². The van der Waals surface area contributed by atoms with Crippen LogP contribution in [0.1, 0.15) is 59.1 Å². The summed E-state index contributed by atoms with van der Waals surface area (Å²) in [5.74, 6) is 0.190. The van der Waals surface area contributed by atoms with Gasteiger partial charge in [-0.2, -0.15) is 0 Å². The first kappa shape index (κ1) is 20.8. The second-order valence-electron chi connectivity index (χ2n) is 7.90. The largest absolute Gasteiger partial charge is 0.465 e. The van der Waals surface area contributed by atoms with E-state index in [1.807, 2.05) is 0 Å². The smallest absolute Gasteiger partial charge is 0.407 e. The van der Waals surface area contributed by atoms with Crippen LogP contribution >= 0.6 is 0 Å². The van der Waals surface area contributed by atoms with Crippen LogP contribution in [0, 0.1) is 5.92 Å². The molecule has 0 spiro atoms. The van der Waals surface area contributed by atoms with E-state index in [1.165, 1.54) is 29.3 Å². The van der Waals surface area contributed by atoms with Crippen LogP contribution in [0.4, 0.5) is 4.79 Å². The minimum Gasteiger partial charge on any atom is -0.465 e. The van der Waals surface area contributed by atoms with Crippen molar-refractivity contribution in [1.82, 2.24) is 14.9 Å². The number of hydrogen-bond donors (Lipinski definition) is 1. The van der Waals surface area contributed by atoms with Crippen LogP contribution in [-0.2, 0) is 17.6 Å². The van der Waals surface area contributed by atoms with E-state index in [-0.39, 0.29) is 11.6 Å². The maximum absolute atomic E-state index is 11.6. The fourth-order valence-corrected chi connectivity index (χ4v) is 3.90. The second kappa shape index (κ2) is 9.03. The summed E-state index contributed by atoms with van der Waals surface area (Å²) < 4.78 is 4.64. The van der Waals surface area contributed by atoms with Gasteiger partial charge in [0.2, 0.25) is 0 Å². The van der Waals surface area contributed by atoms with Crippen LogP contribution in [0.15, 0.2) is 30.6 Å². The molecule has 29 heavy (non-hydrogen) atoms. The molecule has 1 amide bonds. The van der Waals surface area contributed by atoms with Crippen molar-refractivity contribution in [3.05, 3.63) is 58.7 Å². The highest BCUT2D eigenvalue weighted by molar-refractivity contribution is 5.86. The van der Waals surface area contributed by atoms with Crippen molar-refractivity contribution in [2.75, 3.05) is 20.2 Å². The van der Waals surface area contributed by atoms with Gasteiger partial charge >= 0.3 is 12.1 Å². The number of esters is 1. The van der Waals surface area contributed by atoms with Crippen LogP contribution in [0.2, 0.25) is 0 Å². The Bertz CT molecular complexity index is 880. The minimum atomic E-state index is -0.854. The molecule has 0 fully saturated rings. The molecule has 0 saturated heterocycles. The average molecular weight is 397 g/mol. The third-order valence-electron chi connectivity index (χ3n) is 5.25. The number of carbonyl (C=O) groups is 2. The summed E-state index contributed by atoms with van der Waals surface area (Å²) in [4.78, 5) is 33.0. The monoisotopic (exact) mass is 397 g/mol. The molecule has 0 saturated carbocycles. The van der Waals surface area contributed by atoms with E-state index in [1.54, 1.807) is 6.20 Å². The molecule has 1 N–H and O–H groups in total. The summed E-state index contributed by atoms with van der Waals surface area (Å²) in [7, 11) is 1.31. The first-order valence-electron chi connectivity index (χ1n) is 9.86. The molecule has 2 heterocycles. The van der Waals surface area contributed by atoms with Crippen molar-refractivity contribution in [3.63, 3.8) is 0 Å². The van der Waals surface area contributed by atoms with Gasteiger partial charge in [0, 0.05) is 31.6 Å². The lowest BCUT2D eigenvalue weighted by molar-refractivity contribution is 0.0593. The van der Waals surface area contributed by atoms with Gasteiger partial charge in [-0.15, -0.1) is 0 Å². The average Bonchev–Trinajstić information content (AvgIpc) is 2.87. The Morgan fingerprint density at radius 2 is 2.07 bits per heavy atom. The van der Waals surface area contributed by atoms with Gasteiger partial charge in [0.1, 0.15) is 0 Å². The molecule has 154 valence electrons. The number of amides is 1. The minimum absolute atomic E-state index is 0.184. The Kier molecular flexibility index (Phi) is 6.46. The van der Waals surface area contributed by atoms with Gasteiger partial charge in [0.05, 0.1) is 19.0 Å². The third kappa shape index (κ3) is 5.10. The van der Waals surface area contributed by atoms with Crippen LogP contribution in [-0.4, -0.2) is 52.2 Å². The summed E-state index contributed by atoms with van der Waals surface area (Å²) >= 11 is 0. The molecular formula is C22H27N3O4. The molecule has 0 bridgehead atoms. The highest BCUT2D eigenvalue weighted by atomic mass is 16.5. The molecule has 7 nitrogen and oxygen atoms in total. The van der Waals surface area contributed by atoms with Crippen molar-refractivity contribution < 1.29 is 19.4 Å². The third-order valence-corrected chi connectivity index (χ3v) is 5.25. The molecule has 3 rings (SSSR count). The Morgan fingerprint density at radius 3 is 2.69 bits per heavy atom. The molecular weight excluding hydrogens is 370 g/mol. The Labute approximate surface area is 170 Å². The zero-order valence-corrected chi connectivity index (χ0v) is 17.1. The lowest BCUT2D eigenvalue weighted by Gasteiger charge is -2.24. The van der Waals surface area contributed by atoms with Gasteiger partial charge in [-0.05, 0) is 35.4 Å². The lowest BCUT2D eigenvalue weighted by Crippen LogP contribution is -2.33. The summed E-state index contributed by atoms with van der Waals surface area (Å²) in [5, 5.41) is 9.50. The molecule has 7 heteroatoms. The maximum Gasteiger partial charge on any atom is 0.407 e. The van der Waals surface area contributed by atoms with Crippen LogP contribution in [0.25, 0.3) is 0 Å². The summed E-state index contributed by atoms with van der Waals surface area (Å²) in [6.45, 7) is 5.38. The first-order valence-corrected chi connectivity index (χ1v) is 9.86. The Morgan fingerprint density at radius 1 is 1.28 bits per heavy atom. The zero-order chi connectivity index (χ0) is 21.0. The van der Waals surface area contributed by atoms with E-state index in [2.05, 4.69) is 46.8 Å². The highest BCUT2D eigenvalue weighted by Crippen LogP contribution is 2.31. The number of nitrogens with zero attached hydrogens (tertiary/aromatic N) is 3. The molecule has 2 aromatic rings. The van der Waals surface area contributed by atoms with Crippen LogP contribution in [0.5, 0.6) is 0 Å². The summed E-state index contributed by atoms with van der Waals surface area (Å²) in [6.07, 6.45) is 4.42. The van der Waals surface area contributed by atoms with E-state index in [9.17, 15) is 14.7 Å². The molecule has 0 radical (unpaired) electrons. The number of hydrogen-bond acceptors (Lipinski definition) is 5. The number of rotatable bonds is 5. The highest BCUT2D eigenvalue weighted by Gasteiger charge is 2.26. The Hall–Kier alpha value is -2.96. The number of fused-ring (bicyclic) bond motifs is 1. The lowest BCUT2D eigenvalue weighted by atomic mass is 9.86. The van der Waals surface area contributed by atoms with Gasteiger partial charge in [-0.25, -0.2) is 14.6 Å². The van der Waals surface area contributed by atoms with Gasteiger partial charge < -0.3 is 14.7 Å². The number of carboxylic acid groups (broad SMARTS) is 1. The fraction of sp³-hybridized carbons (Fsp3) is 0.455. The second-order valence-corrected chi connectivity index (χ2v) is 7.90. The quantitative estimate of drug-likeness (QED) is 0.776. The van der Waals surface area contributed by atoms with E-state index in [4.69, 9.17) is 0 Å².